The van der Waals surface area contributed by atoms with E-state index in [9.17, 15) is 14.4 Å². The summed E-state index contributed by atoms with van der Waals surface area (Å²) < 4.78 is 4.24. The number of nitrogens with two attached hydrogens (primary N) is 1. The van der Waals surface area contributed by atoms with Crippen LogP contribution in [0.15, 0.2) is 18.2 Å². The molecule has 0 atom stereocenters. The van der Waals surface area contributed by atoms with E-state index in [1.165, 1.54) is 11.3 Å². The van der Waals surface area contributed by atoms with Gasteiger partial charge in [-0.1, -0.05) is 44.2 Å². The molecule has 0 spiro atoms. The molecule has 35 heavy (non-hydrogen) atoms. The molecule has 4 rings (SSSR count). The van der Waals surface area contributed by atoms with Gasteiger partial charge in [-0.2, -0.15) is 4.37 Å². The van der Waals surface area contributed by atoms with E-state index in [1.807, 2.05) is 32.0 Å². The van der Waals surface area contributed by atoms with Crippen LogP contribution in [-0.4, -0.2) is 40.7 Å². The van der Waals surface area contributed by atoms with Gasteiger partial charge in [-0.05, 0) is 68.3 Å². The largest absolute Gasteiger partial charge is 0.395 e. The number of nitrogens with one attached hydrogen (secondary N) is 2. The number of carbonyl (C=O) groups excluding carboxylic acids is 3. The lowest BCUT2D eigenvalue weighted by atomic mass is 9.95. The lowest BCUT2D eigenvalue weighted by Crippen LogP contribution is -2.44. The molecule has 1 aromatic carbocycles. The van der Waals surface area contributed by atoms with Gasteiger partial charge in [0.2, 0.25) is 5.91 Å². The number of rotatable bonds is 7. The van der Waals surface area contributed by atoms with E-state index in [-0.39, 0.29) is 46.7 Å². The fraction of sp³-hybridized carbons (Fsp3) is 0.538. The molecule has 8 nitrogen and oxygen atoms in total. The molecule has 0 unspecified atom stereocenters. The van der Waals surface area contributed by atoms with E-state index in [2.05, 4.69) is 15.0 Å². The summed E-state index contributed by atoms with van der Waals surface area (Å²) in [6.45, 7) is 3.72. The van der Waals surface area contributed by atoms with Gasteiger partial charge in [-0.15, -0.1) is 0 Å². The number of aromatic nitrogens is 1. The van der Waals surface area contributed by atoms with Crippen molar-refractivity contribution in [2.45, 2.75) is 83.7 Å². The molecule has 2 fully saturated rings. The van der Waals surface area contributed by atoms with E-state index >= 15 is 0 Å². The Hall–Kier alpha value is -2.94. The third kappa shape index (κ3) is 6.01. The third-order valence-corrected chi connectivity index (χ3v) is 7.85. The molecular weight excluding hydrogens is 462 g/mol. The lowest BCUT2D eigenvalue weighted by molar-refractivity contribution is -0.120. The Balaban J connectivity index is 1.57. The Morgan fingerprint density at radius 1 is 1.00 bits per heavy atom. The SMILES string of the molecule is Cc1ccc(C)c(N(CC(=O)NC2CCCC2)C(=O)c2snc(C(=O)NC3CCCCC3)c2N)c1. The highest BCUT2D eigenvalue weighted by Gasteiger charge is 2.30. The van der Waals surface area contributed by atoms with Gasteiger partial charge in [-0.25, -0.2) is 0 Å². The summed E-state index contributed by atoms with van der Waals surface area (Å²) in [5.74, 6) is -0.974. The van der Waals surface area contributed by atoms with Crippen LogP contribution in [0.2, 0.25) is 0 Å². The molecule has 1 aromatic heterocycles. The fourth-order valence-electron chi connectivity index (χ4n) is 5.00. The number of aryl methyl sites for hydroxylation is 2. The molecule has 1 heterocycles. The third-order valence-electron chi connectivity index (χ3n) is 7.00. The van der Waals surface area contributed by atoms with Crippen molar-refractivity contribution >= 4 is 40.6 Å². The average Bonchev–Trinajstić information content (AvgIpc) is 3.49. The van der Waals surface area contributed by atoms with Crippen LogP contribution in [0, 0.1) is 13.8 Å². The number of amides is 3. The highest BCUT2D eigenvalue weighted by molar-refractivity contribution is 7.09. The molecule has 3 amide bonds. The number of carbonyl (C=O) groups is 3. The second-order valence-electron chi connectivity index (χ2n) is 9.81. The summed E-state index contributed by atoms with van der Waals surface area (Å²) in [4.78, 5) is 41.1. The van der Waals surface area contributed by atoms with Gasteiger partial charge in [0.25, 0.3) is 11.8 Å². The zero-order valence-corrected chi connectivity index (χ0v) is 21.4. The number of nitrogens with zero attached hydrogens (tertiary/aromatic N) is 2. The van der Waals surface area contributed by atoms with Crippen molar-refractivity contribution in [2.24, 2.45) is 0 Å². The minimum Gasteiger partial charge on any atom is -0.395 e. The molecule has 0 saturated heterocycles. The molecule has 0 aliphatic heterocycles. The number of hydrogen-bond acceptors (Lipinski definition) is 6. The van der Waals surface area contributed by atoms with Gasteiger partial charge in [0.15, 0.2) is 5.69 Å². The molecule has 2 aromatic rings. The van der Waals surface area contributed by atoms with Crippen molar-refractivity contribution in [2.75, 3.05) is 17.2 Å². The van der Waals surface area contributed by atoms with E-state index in [0.29, 0.717) is 5.69 Å². The van der Waals surface area contributed by atoms with Crippen LogP contribution >= 0.6 is 11.5 Å². The molecule has 2 aliphatic carbocycles. The summed E-state index contributed by atoms with van der Waals surface area (Å²) >= 11 is 0.909. The normalized spacial score (nSPS) is 16.7. The van der Waals surface area contributed by atoms with Gasteiger partial charge in [0, 0.05) is 17.8 Å². The van der Waals surface area contributed by atoms with Gasteiger partial charge in [0.05, 0.1) is 5.69 Å². The zero-order chi connectivity index (χ0) is 24.9. The summed E-state index contributed by atoms with van der Waals surface area (Å²) in [6, 6.07) is 6.06. The van der Waals surface area contributed by atoms with Crippen LogP contribution in [0.1, 0.15) is 89.1 Å². The highest BCUT2D eigenvalue weighted by Crippen LogP contribution is 2.29. The Bertz CT molecular complexity index is 1090. The number of hydrogen-bond donors (Lipinski definition) is 3. The molecule has 0 radical (unpaired) electrons. The predicted octanol–water partition coefficient (Wildman–Crippen LogP) is 4.11. The van der Waals surface area contributed by atoms with Crippen LogP contribution < -0.4 is 21.3 Å². The Kier molecular flexibility index (Phi) is 8.05. The molecule has 9 heteroatoms. The van der Waals surface area contributed by atoms with Gasteiger partial charge in [0.1, 0.15) is 11.4 Å². The topological polar surface area (TPSA) is 117 Å². The zero-order valence-electron chi connectivity index (χ0n) is 20.6. The fourth-order valence-corrected chi connectivity index (χ4v) is 5.75. The molecule has 0 bridgehead atoms. The minimum absolute atomic E-state index is 0.0693. The molecular formula is C26H35N5O3S. The van der Waals surface area contributed by atoms with Crippen molar-refractivity contribution in [1.82, 2.24) is 15.0 Å². The van der Waals surface area contributed by atoms with E-state index in [1.54, 1.807) is 0 Å². The molecule has 2 aliphatic rings. The van der Waals surface area contributed by atoms with Crippen molar-refractivity contribution in [3.8, 4) is 0 Å². The first-order valence-electron chi connectivity index (χ1n) is 12.6. The second-order valence-corrected chi connectivity index (χ2v) is 10.6. The van der Waals surface area contributed by atoms with Crippen LogP contribution in [0.4, 0.5) is 11.4 Å². The van der Waals surface area contributed by atoms with E-state index in [4.69, 9.17) is 5.73 Å². The van der Waals surface area contributed by atoms with Crippen molar-refractivity contribution in [1.29, 1.82) is 0 Å². The maximum Gasteiger partial charge on any atom is 0.273 e. The standard InChI is InChI=1S/C26H35N5O3S/c1-16-12-13-17(2)20(14-16)31(15-21(32)28-18-10-6-7-11-18)26(34)24-22(27)23(30-35-24)25(33)29-19-8-4-3-5-9-19/h12-14,18-19H,3-11,15,27H2,1-2H3,(H,28,32)(H,29,33). The minimum atomic E-state index is -0.424. The Morgan fingerprint density at radius 2 is 1.63 bits per heavy atom. The predicted molar refractivity (Wildman–Crippen MR) is 139 cm³/mol. The first-order chi connectivity index (χ1) is 16.8. The monoisotopic (exact) mass is 497 g/mol. The van der Waals surface area contributed by atoms with Crippen LogP contribution in [-0.2, 0) is 4.79 Å². The van der Waals surface area contributed by atoms with Gasteiger partial charge >= 0.3 is 0 Å². The van der Waals surface area contributed by atoms with Crippen molar-refractivity contribution in [3.05, 3.63) is 39.9 Å². The van der Waals surface area contributed by atoms with Gasteiger partial charge in [-0.3, -0.25) is 19.3 Å². The maximum atomic E-state index is 13.7. The van der Waals surface area contributed by atoms with Crippen LogP contribution in [0.25, 0.3) is 0 Å². The first-order valence-corrected chi connectivity index (χ1v) is 13.4. The van der Waals surface area contributed by atoms with Gasteiger partial charge < -0.3 is 16.4 Å². The summed E-state index contributed by atoms with van der Waals surface area (Å²) in [7, 11) is 0. The summed E-state index contributed by atoms with van der Waals surface area (Å²) in [5, 5.41) is 6.08. The summed E-state index contributed by atoms with van der Waals surface area (Å²) in [6.07, 6.45) is 9.39. The Labute approximate surface area is 210 Å². The quantitative estimate of drug-likeness (QED) is 0.532. The van der Waals surface area contributed by atoms with Crippen molar-refractivity contribution in [3.63, 3.8) is 0 Å². The maximum absolute atomic E-state index is 13.7. The molecule has 4 N–H and O–H groups in total. The number of benzene rings is 1. The number of anilines is 2. The van der Waals surface area contributed by atoms with E-state index < -0.39 is 5.91 Å². The first kappa shape index (κ1) is 25.2. The average molecular weight is 498 g/mol. The van der Waals surface area contributed by atoms with Crippen molar-refractivity contribution < 1.29 is 14.4 Å². The molecule has 2 saturated carbocycles. The second kappa shape index (κ2) is 11.2. The summed E-state index contributed by atoms with van der Waals surface area (Å²) in [5.41, 5.74) is 8.95. The Morgan fingerprint density at radius 3 is 2.31 bits per heavy atom. The number of nitrogen functional groups attached to an aromatic ring is 1. The van der Waals surface area contributed by atoms with E-state index in [0.717, 1.165) is 74.0 Å². The highest BCUT2D eigenvalue weighted by atomic mass is 32.1. The van der Waals surface area contributed by atoms with Crippen LogP contribution in [0.5, 0.6) is 0 Å². The smallest absolute Gasteiger partial charge is 0.273 e. The molecule has 188 valence electrons. The van der Waals surface area contributed by atoms with Crippen LogP contribution in [0.3, 0.4) is 0 Å². The lowest BCUT2D eigenvalue weighted by Gasteiger charge is -2.25.